The zero-order valence-corrected chi connectivity index (χ0v) is 14.0. The van der Waals surface area contributed by atoms with E-state index in [4.69, 9.17) is 0 Å². The Hall–Kier alpha value is -2.73. The molecule has 0 saturated heterocycles. The molecule has 0 bridgehead atoms. The van der Waals surface area contributed by atoms with Crippen molar-refractivity contribution in [2.24, 2.45) is 0 Å². The fraction of sp³-hybridized carbons (Fsp3) is 0.111. The molecule has 0 spiro atoms. The van der Waals surface area contributed by atoms with Crippen molar-refractivity contribution >= 4 is 34.3 Å². The highest BCUT2D eigenvalue weighted by molar-refractivity contribution is 7.98. The highest BCUT2D eigenvalue weighted by Gasteiger charge is 2.06. The lowest BCUT2D eigenvalue weighted by molar-refractivity contribution is 0.972. The molecule has 2 aromatic heterocycles. The van der Waals surface area contributed by atoms with Gasteiger partial charge in [-0.25, -0.2) is 5.10 Å². The molecule has 0 radical (unpaired) electrons. The average molecular weight is 335 g/mol. The summed E-state index contributed by atoms with van der Waals surface area (Å²) in [5.74, 6) is 1.45. The number of anilines is 2. The number of benzene rings is 2. The molecule has 0 amide bonds. The minimum Gasteiger partial charge on any atom is -0.358 e. The summed E-state index contributed by atoms with van der Waals surface area (Å²) in [4.78, 5) is 7.88. The van der Waals surface area contributed by atoms with Crippen molar-refractivity contribution in [3.63, 3.8) is 0 Å². The molecule has 0 unspecified atom stereocenters. The van der Waals surface area contributed by atoms with E-state index in [1.165, 1.54) is 16.6 Å². The van der Waals surface area contributed by atoms with Crippen molar-refractivity contribution in [1.29, 1.82) is 0 Å². The normalized spacial score (nSPS) is 11.0. The molecule has 0 saturated carbocycles. The molecule has 3 N–H and O–H groups in total. The summed E-state index contributed by atoms with van der Waals surface area (Å²) in [5.41, 5.74) is 4.54. The van der Waals surface area contributed by atoms with E-state index >= 15 is 0 Å². The van der Waals surface area contributed by atoms with Crippen LogP contribution < -0.4 is 5.32 Å². The zero-order valence-electron chi connectivity index (χ0n) is 13.2. The Morgan fingerprint density at radius 3 is 2.75 bits per heavy atom. The van der Waals surface area contributed by atoms with Crippen molar-refractivity contribution in [2.45, 2.75) is 17.8 Å². The Morgan fingerprint density at radius 2 is 1.92 bits per heavy atom. The van der Waals surface area contributed by atoms with Crippen LogP contribution in [0.2, 0.25) is 0 Å². The lowest BCUT2D eigenvalue weighted by Crippen LogP contribution is -1.92. The van der Waals surface area contributed by atoms with E-state index < -0.39 is 0 Å². The van der Waals surface area contributed by atoms with Gasteiger partial charge < -0.3 is 10.3 Å². The summed E-state index contributed by atoms with van der Waals surface area (Å²) < 4.78 is 0. The molecule has 0 atom stereocenters. The Morgan fingerprint density at radius 1 is 1.08 bits per heavy atom. The van der Waals surface area contributed by atoms with Gasteiger partial charge in [-0.3, -0.25) is 0 Å². The molecule has 0 aliphatic carbocycles. The van der Waals surface area contributed by atoms with Crippen molar-refractivity contribution in [1.82, 2.24) is 20.2 Å². The maximum atomic E-state index is 4.47. The van der Waals surface area contributed by atoms with Crippen LogP contribution in [-0.2, 0) is 5.75 Å². The number of aromatic nitrogens is 4. The molecule has 5 nitrogen and oxygen atoms in total. The number of para-hydroxylation sites is 1. The summed E-state index contributed by atoms with van der Waals surface area (Å²) in [5, 5.41) is 12.4. The Kier molecular flexibility index (Phi) is 3.96. The molecule has 0 fully saturated rings. The molecule has 24 heavy (non-hydrogen) atoms. The van der Waals surface area contributed by atoms with Gasteiger partial charge in [0.15, 0.2) is 0 Å². The maximum Gasteiger partial charge on any atom is 0.223 e. The summed E-state index contributed by atoms with van der Waals surface area (Å²) in [6.45, 7) is 2.07. The average Bonchev–Trinajstić information content (AvgIpc) is 3.21. The Balaban J connectivity index is 1.40. The van der Waals surface area contributed by atoms with E-state index in [9.17, 15) is 0 Å². The standard InChI is InChI=1S/C18H17N5S/c1-12-6-8-14(9-7-12)20-17-21-18(23-22-17)24-11-15-10-13-4-2-3-5-16(13)19-15/h2-10,19H,11H2,1H3,(H2,20,21,22,23). The third-order valence-electron chi connectivity index (χ3n) is 3.72. The quantitative estimate of drug-likeness (QED) is 0.465. The molecule has 120 valence electrons. The summed E-state index contributed by atoms with van der Waals surface area (Å²) >= 11 is 1.60. The minimum absolute atomic E-state index is 0.651. The van der Waals surface area contributed by atoms with Crippen LogP contribution in [0.4, 0.5) is 11.6 Å². The highest BCUT2D eigenvalue weighted by Crippen LogP contribution is 2.23. The van der Waals surface area contributed by atoms with Crippen LogP contribution in [0.15, 0.2) is 59.8 Å². The van der Waals surface area contributed by atoms with Gasteiger partial charge in [0.25, 0.3) is 0 Å². The van der Waals surface area contributed by atoms with E-state index in [-0.39, 0.29) is 0 Å². The van der Waals surface area contributed by atoms with Crippen LogP contribution in [-0.4, -0.2) is 20.2 Å². The number of nitrogens with zero attached hydrogens (tertiary/aromatic N) is 2. The Bertz CT molecular complexity index is 922. The number of H-pyrrole nitrogens is 2. The lowest BCUT2D eigenvalue weighted by atomic mass is 10.2. The zero-order chi connectivity index (χ0) is 16.4. The molecular weight excluding hydrogens is 318 g/mol. The van der Waals surface area contributed by atoms with Crippen LogP contribution in [0.25, 0.3) is 10.9 Å². The van der Waals surface area contributed by atoms with E-state index in [1.807, 2.05) is 24.3 Å². The molecular formula is C18H17N5S. The third kappa shape index (κ3) is 3.28. The predicted molar refractivity (Wildman–Crippen MR) is 98.7 cm³/mol. The number of hydrogen-bond donors (Lipinski definition) is 3. The van der Waals surface area contributed by atoms with E-state index in [1.54, 1.807) is 11.8 Å². The number of thioether (sulfide) groups is 1. The first-order valence-electron chi connectivity index (χ1n) is 7.72. The minimum atomic E-state index is 0.651. The van der Waals surface area contributed by atoms with Gasteiger partial charge in [-0.15, -0.1) is 5.10 Å². The second kappa shape index (κ2) is 6.41. The third-order valence-corrected chi connectivity index (χ3v) is 4.62. The number of rotatable bonds is 5. The van der Waals surface area contributed by atoms with Crippen LogP contribution in [0.3, 0.4) is 0 Å². The largest absolute Gasteiger partial charge is 0.358 e. The predicted octanol–water partition coefficient (Wildman–Crippen LogP) is 4.63. The van der Waals surface area contributed by atoms with Crippen molar-refractivity contribution in [3.05, 3.63) is 65.9 Å². The number of nitrogens with one attached hydrogen (secondary N) is 3. The topological polar surface area (TPSA) is 69.4 Å². The fourth-order valence-electron chi connectivity index (χ4n) is 2.49. The van der Waals surface area contributed by atoms with E-state index in [0.717, 1.165) is 22.1 Å². The first-order valence-corrected chi connectivity index (χ1v) is 8.70. The van der Waals surface area contributed by atoms with Gasteiger partial charge >= 0.3 is 0 Å². The number of aryl methyl sites for hydroxylation is 1. The molecule has 2 heterocycles. The van der Waals surface area contributed by atoms with Gasteiger partial charge in [-0.2, -0.15) is 4.98 Å². The summed E-state index contributed by atoms with van der Waals surface area (Å²) in [6, 6.07) is 18.6. The van der Waals surface area contributed by atoms with Crippen LogP contribution in [0.5, 0.6) is 0 Å². The van der Waals surface area contributed by atoms with Gasteiger partial charge in [0.1, 0.15) is 0 Å². The summed E-state index contributed by atoms with van der Waals surface area (Å²) in [7, 11) is 0. The molecule has 4 rings (SSSR count). The number of aromatic amines is 2. The first kappa shape index (κ1) is 14.8. The van der Waals surface area contributed by atoms with Gasteiger partial charge in [0, 0.05) is 22.7 Å². The maximum absolute atomic E-state index is 4.47. The van der Waals surface area contributed by atoms with E-state index in [2.05, 4.69) is 62.7 Å². The van der Waals surface area contributed by atoms with Crippen LogP contribution >= 0.6 is 11.8 Å². The summed E-state index contributed by atoms with van der Waals surface area (Å²) in [6.07, 6.45) is 0. The highest BCUT2D eigenvalue weighted by atomic mass is 32.2. The van der Waals surface area contributed by atoms with E-state index in [0.29, 0.717) is 5.95 Å². The SMILES string of the molecule is Cc1ccc(Nc2nc(SCc3cc4ccccc4[nH]3)n[nH]2)cc1. The number of hydrogen-bond acceptors (Lipinski definition) is 4. The molecule has 2 aromatic carbocycles. The second-order valence-electron chi connectivity index (χ2n) is 5.63. The fourth-order valence-corrected chi connectivity index (χ4v) is 3.20. The smallest absolute Gasteiger partial charge is 0.223 e. The van der Waals surface area contributed by atoms with Crippen molar-refractivity contribution in [2.75, 3.05) is 5.32 Å². The van der Waals surface area contributed by atoms with Gasteiger partial charge in [0.05, 0.1) is 0 Å². The molecule has 0 aliphatic rings. The van der Waals surface area contributed by atoms with Gasteiger partial charge in [-0.1, -0.05) is 47.7 Å². The first-order chi connectivity index (χ1) is 11.8. The van der Waals surface area contributed by atoms with Gasteiger partial charge in [0.2, 0.25) is 11.1 Å². The van der Waals surface area contributed by atoms with Crippen molar-refractivity contribution < 1.29 is 0 Å². The second-order valence-corrected chi connectivity index (χ2v) is 6.57. The molecule has 6 heteroatoms. The van der Waals surface area contributed by atoms with Crippen LogP contribution in [0, 0.1) is 6.92 Å². The monoisotopic (exact) mass is 335 g/mol. The van der Waals surface area contributed by atoms with Crippen LogP contribution in [0.1, 0.15) is 11.3 Å². The molecule has 0 aliphatic heterocycles. The molecule has 4 aromatic rings. The van der Waals surface area contributed by atoms with Gasteiger partial charge in [-0.05, 0) is 36.6 Å². The Labute approximate surface area is 143 Å². The lowest BCUT2D eigenvalue weighted by Gasteiger charge is -2.01. The number of fused-ring (bicyclic) bond motifs is 1. The van der Waals surface area contributed by atoms with Crippen molar-refractivity contribution in [3.8, 4) is 0 Å².